The zero-order chi connectivity index (χ0) is 13.2. The standard InChI is InChI=1S/C16H16O3/c1-18-16-9-7-12(10-13(16)17)15-8-6-11-4-2-3-5-14(11)19-15/h2-5,7,9-10,15,17H,6,8H2,1H3. The molecule has 0 aliphatic carbocycles. The predicted octanol–water partition coefficient (Wildman–Crippen LogP) is 3.47. The second-order valence-corrected chi connectivity index (χ2v) is 4.68. The van der Waals surface area contributed by atoms with Gasteiger partial charge in [-0.25, -0.2) is 0 Å². The van der Waals surface area contributed by atoms with Crippen molar-refractivity contribution in [1.29, 1.82) is 0 Å². The van der Waals surface area contributed by atoms with Crippen molar-refractivity contribution in [3.8, 4) is 17.2 Å². The summed E-state index contributed by atoms with van der Waals surface area (Å²) in [6, 6.07) is 13.5. The van der Waals surface area contributed by atoms with E-state index in [4.69, 9.17) is 9.47 Å². The van der Waals surface area contributed by atoms with E-state index in [9.17, 15) is 5.11 Å². The first-order chi connectivity index (χ1) is 9.28. The molecular weight excluding hydrogens is 240 g/mol. The Labute approximate surface area is 112 Å². The number of rotatable bonds is 2. The predicted molar refractivity (Wildman–Crippen MR) is 72.8 cm³/mol. The van der Waals surface area contributed by atoms with E-state index in [0.29, 0.717) is 5.75 Å². The lowest BCUT2D eigenvalue weighted by Crippen LogP contribution is -2.14. The molecule has 98 valence electrons. The van der Waals surface area contributed by atoms with E-state index in [2.05, 4.69) is 6.07 Å². The average molecular weight is 256 g/mol. The number of hydrogen-bond acceptors (Lipinski definition) is 3. The molecule has 0 saturated carbocycles. The zero-order valence-corrected chi connectivity index (χ0v) is 10.8. The molecule has 1 unspecified atom stereocenters. The summed E-state index contributed by atoms with van der Waals surface area (Å²) in [6.45, 7) is 0. The number of phenols is 1. The highest BCUT2D eigenvalue weighted by Gasteiger charge is 2.21. The Morgan fingerprint density at radius 3 is 2.84 bits per heavy atom. The highest BCUT2D eigenvalue weighted by atomic mass is 16.5. The molecule has 0 radical (unpaired) electrons. The Hall–Kier alpha value is -2.16. The molecule has 1 heterocycles. The van der Waals surface area contributed by atoms with Crippen LogP contribution in [0.2, 0.25) is 0 Å². The van der Waals surface area contributed by atoms with Crippen molar-refractivity contribution in [3.05, 3.63) is 53.6 Å². The Kier molecular flexibility index (Phi) is 3.03. The van der Waals surface area contributed by atoms with Gasteiger partial charge in [-0.1, -0.05) is 24.3 Å². The summed E-state index contributed by atoms with van der Waals surface area (Å²) in [4.78, 5) is 0. The first kappa shape index (κ1) is 11.9. The third-order valence-electron chi connectivity index (χ3n) is 3.49. The van der Waals surface area contributed by atoms with Gasteiger partial charge < -0.3 is 14.6 Å². The molecule has 19 heavy (non-hydrogen) atoms. The van der Waals surface area contributed by atoms with E-state index in [0.717, 1.165) is 24.2 Å². The van der Waals surface area contributed by atoms with E-state index in [1.807, 2.05) is 24.3 Å². The first-order valence-electron chi connectivity index (χ1n) is 6.39. The van der Waals surface area contributed by atoms with E-state index < -0.39 is 0 Å². The van der Waals surface area contributed by atoms with Crippen LogP contribution in [0.4, 0.5) is 0 Å². The molecule has 1 atom stereocenters. The molecule has 2 aromatic carbocycles. The van der Waals surface area contributed by atoms with Crippen LogP contribution in [0.5, 0.6) is 17.2 Å². The number of methoxy groups -OCH3 is 1. The largest absolute Gasteiger partial charge is 0.504 e. The van der Waals surface area contributed by atoms with Gasteiger partial charge in [-0.2, -0.15) is 0 Å². The van der Waals surface area contributed by atoms with Crippen LogP contribution >= 0.6 is 0 Å². The molecule has 0 saturated heterocycles. The molecular formula is C16H16O3. The summed E-state index contributed by atoms with van der Waals surface area (Å²) in [5, 5.41) is 9.84. The lowest BCUT2D eigenvalue weighted by atomic mass is 9.97. The van der Waals surface area contributed by atoms with Gasteiger partial charge >= 0.3 is 0 Å². The topological polar surface area (TPSA) is 38.7 Å². The van der Waals surface area contributed by atoms with E-state index in [1.165, 1.54) is 5.56 Å². The number of benzene rings is 2. The molecule has 3 rings (SSSR count). The fourth-order valence-electron chi connectivity index (χ4n) is 2.47. The second-order valence-electron chi connectivity index (χ2n) is 4.68. The minimum atomic E-state index is -0.00768. The van der Waals surface area contributed by atoms with Gasteiger partial charge in [-0.3, -0.25) is 0 Å². The van der Waals surface area contributed by atoms with Crippen molar-refractivity contribution in [1.82, 2.24) is 0 Å². The number of phenolic OH excluding ortho intramolecular Hbond substituents is 1. The maximum Gasteiger partial charge on any atom is 0.160 e. The summed E-state index contributed by atoms with van der Waals surface area (Å²) in [6.07, 6.45) is 1.91. The average Bonchev–Trinajstić information content (AvgIpc) is 2.46. The van der Waals surface area contributed by atoms with Crippen LogP contribution < -0.4 is 9.47 Å². The van der Waals surface area contributed by atoms with Crippen LogP contribution in [0.3, 0.4) is 0 Å². The number of hydrogen-bond donors (Lipinski definition) is 1. The minimum Gasteiger partial charge on any atom is -0.504 e. The number of aromatic hydroxyl groups is 1. The van der Waals surface area contributed by atoms with Crippen LogP contribution in [-0.2, 0) is 6.42 Å². The molecule has 1 N–H and O–H groups in total. The van der Waals surface area contributed by atoms with Gasteiger partial charge in [0.15, 0.2) is 11.5 Å². The summed E-state index contributed by atoms with van der Waals surface area (Å²) >= 11 is 0. The number of fused-ring (bicyclic) bond motifs is 1. The van der Waals surface area contributed by atoms with Gasteiger partial charge in [0.1, 0.15) is 11.9 Å². The quantitative estimate of drug-likeness (QED) is 0.894. The fourth-order valence-corrected chi connectivity index (χ4v) is 2.47. The van der Waals surface area contributed by atoms with Crippen LogP contribution in [0, 0.1) is 0 Å². The van der Waals surface area contributed by atoms with Crippen LogP contribution in [0.15, 0.2) is 42.5 Å². The molecule has 0 spiro atoms. The summed E-state index contributed by atoms with van der Waals surface area (Å²) in [5.74, 6) is 1.58. The molecule has 0 aromatic heterocycles. The van der Waals surface area contributed by atoms with Gasteiger partial charge in [-0.15, -0.1) is 0 Å². The molecule has 3 heteroatoms. The Morgan fingerprint density at radius 2 is 2.05 bits per heavy atom. The van der Waals surface area contributed by atoms with E-state index in [-0.39, 0.29) is 11.9 Å². The monoisotopic (exact) mass is 256 g/mol. The maximum atomic E-state index is 9.84. The van der Waals surface area contributed by atoms with E-state index >= 15 is 0 Å². The van der Waals surface area contributed by atoms with Crippen molar-refractivity contribution < 1.29 is 14.6 Å². The highest BCUT2D eigenvalue weighted by molar-refractivity contribution is 5.43. The second kappa shape index (κ2) is 4.84. The number of ether oxygens (including phenoxy) is 2. The molecule has 2 aromatic rings. The van der Waals surface area contributed by atoms with Gasteiger partial charge in [0.05, 0.1) is 7.11 Å². The third kappa shape index (κ3) is 2.24. The Bertz CT molecular complexity index is 592. The minimum absolute atomic E-state index is 0.00768. The molecule has 1 aliphatic rings. The zero-order valence-electron chi connectivity index (χ0n) is 10.8. The lowest BCUT2D eigenvalue weighted by molar-refractivity contribution is 0.176. The SMILES string of the molecule is COc1ccc(C2CCc3ccccc3O2)cc1O. The molecule has 0 fully saturated rings. The van der Waals surface area contributed by atoms with Crippen LogP contribution in [-0.4, -0.2) is 12.2 Å². The molecule has 0 bridgehead atoms. The summed E-state index contributed by atoms with van der Waals surface area (Å²) in [7, 11) is 1.54. The Morgan fingerprint density at radius 1 is 1.21 bits per heavy atom. The molecule has 0 amide bonds. The molecule has 1 aliphatic heterocycles. The summed E-state index contributed by atoms with van der Waals surface area (Å²) in [5.41, 5.74) is 2.23. The van der Waals surface area contributed by atoms with Crippen molar-refractivity contribution in [2.75, 3.05) is 7.11 Å². The van der Waals surface area contributed by atoms with Crippen molar-refractivity contribution in [2.45, 2.75) is 18.9 Å². The van der Waals surface area contributed by atoms with Gasteiger partial charge in [0.25, 0.3) is 0 Å². The number of aryl methyl sites for hydroxylation is 1. The van der Waals surface area contributed by atoms with Crippen LogP contribution in [0.1, 0.15) is 23.7 Å². The summed E-state index contributed by atoms with van der Waals surface area (Å²) < 4.78 is 11.0. The fraction of sp³-hybridized carbons (Fsp3) is 0.250. The Balaban J connectivity index is 1.87. The molecule has 3 nitrogen and oxygen atoms in total. The third-order valence-corrected chi connectivity index (χ3v) is 3.49. The first-order valence-corrected chi connectivity index (χ1v) is 6.39. The van der Waals surface area contributed by atoms with Crippen molar-refractivity contribution in [2.24, 2.45) is 0 Å². The lowest BCUT2D eigenvalue weighted by Gasteiger charge is -2.26. The number of para-hydroxylation sites is 1. The van der Waals surface area contributed by atoms with Gasteiger partial charge in [-0.05, 0) is 42.2 Å². The van der Waals surface area contributed by atoms with Gasteiger partial charge in [0.2, 0.25) is 0 Å². The maximum absolute atomic E-state index is 9.84. The van der Waals surface area contributed by atoms with Gasteiger partial charge in [0, 0.05) is 0 Å². The van der Waals surface area contributed by atoms with Crippen molar-refractivity contribution >= 4 is 0 Å². The van der Waals surface area contributed by atoms with E-state index in [1.54, 1.807) is 19.2 Å². The highest BCUT2D eigenvalue weighted by Crippen LogP contribution is 2.37. The van der Waals surface area contributed by atoms with Crippen LogP contribution in [0.25, 0.3) is 0 Å². The van der Waals surface area contributed by atoms with Crippen molar-refractivity contribution in [3.63, 3.8) is 0 Å². The normalized spacial score (nSPS) is 17.4. The smallest absolute Gasteiger partial charge is 0.160 e.